The van der Waals surface area contributed by atoms with Crippen molar-refractivity contribution in [3.8, 4) is 0 Å². The third-order valence-electron chi connectivity index (χ3n) is 5.76. The van der Waals surface area contributed by atoms with Gasteiger partial charge in [0, 0.05) is 22.8 Å². The van der Waals surface area contributed by atoms with E-state index in [1.165, 1.54) is 6.07 Å². The second-order valence-corrected chi connectivity index (χ2v) is 8.11. The molecular formula is C23H20ClF3N2O2. The van der Waals surface area contributed by atoms with Crippen molar-refractivity contribution < 1.29 is 23.1 Å². The van der Waals surface area contributed by atoms with Crippen LogP contribution in [0, 0.1) is 0 Å². The molecule has 2 atom stereocenters. The summed E-state index contributed by atoms with van der Waals surface area (Å²) in [6.07, 6.45) is 0.743. The highest BCUT2D eigenvalue weighted by atomic mass is 35.5. The van der Waals surface area contributed by atoms with E-state index >= 15 is 0 Å². The Morgan fingerprint density at radius 2 is 1.94 bits per heavy atom. The van der Waals surface area contributed by atoms with Gasteiger partial charge >= 0.3 is 12.1 Å². The predicted octanol–water partition coefficient (Wildman–Crippen LogP) is 5.94. The summed E-state index contributed by atoms with van der Waals surface area (Å²) in [6.45, 7) is 0.447. The molecule has 1 aliphatic heterocycles. The van der Waals surface area contributed by atoms with E-state index in [1.807, 2.05) is 18.2 Å². The molecule has 2 unspecified atom stereocenters. The van der Waals surface area contributed by atoms with Crippen LogP contribution >= 0.6 is 11.6 Å². The molecule has 0 bridgehead atoms. The van der Waals surface area contributed by atoms with Crippen LogP contribution < -0.4 is 0 Å². The number of pyridine rings is 1. The summed E-state index contributed by atoms with van der Waals surface area (Å²) >= 11 is 6.40. The summed E-state index contributed by atoms with van der Waals surface area (Å²) in [5.74, 6) is -0.988. The minimum atomic E-state index is -4.53. The molecule has 162 valence electrons. The first-order valence-corrected chi connectivity index (χ1v) is 10.3. The smallest absolute Gasteiger partial charge is 0.416 e. The lowest BCUT2D eigenvalue weighted by Gasteiger charge is -2.40. The standard InChI is InChI=1S/C23H20ClF3N2O2/c24-19-7-6-17(23(25,26)27)12-18(19)21(29-10-2-1-3-20(29)22(30)31)15-4-5-16-13-28-9-8-14(16)11-15/h4-9,11-13,20-21H,1-3,10H2,(H,30,31). The summed E-state index contributed by atoms with van der Waals surface area (Å²) in [6, 6.07) is 9.01. The highest BCUT2D eigenvalue weighted by molar-refractivity contribution is 6.31. The van der Waals surface area contributed by atoms with Gasteiger partial charge in [-0.2, -0.15) is 13.2 Å². The number of aliphatic carboxylic acids is 1. The normalized spacial score (nSPS) is 18.8. The highest BCUT2D eigenvalue weighted by Gasteiger charge is 2.38. The molecular weight excluding hydrogens is 429 g/mol. The zero-order valence-corrected chi connectivity index (χ0v) is 17.2. The van der Waals surface area contributed by atoms with Crippen LogP contribution in [0.2, 0.25) is 5.02 Å². The zero-order chi connectivity index (χ0) is 22.2. The molecule has 0 amide bonds. The second-order valence-electron chi connectivity index (χ2n) is 7.71. The number of carboxylic acids is 1. The van der Waals surface area contributed by atoms with Gasteiger partial charge in [-0.25, -0.2) is 0 Å². The molecule has 2 heterocycles. The fraction of sp³-hybridized carbons (Fsp3) is 0.304. The van der Waals surface area contributed by atoms with E-state index in [-0.39, 0.29) is 10.6 Å². The number of fused-ring (bicyclic) bond motifs is 1. The molecule has 0 saturated carbocycles. The molecule has 2 aromatic carbocycles. The van der Waals surface area contributed by atoms with Crippen LogP contribution in [0.3, 0.4) is 0 Å². The molecule has 1 fully saturated rings. The Morgan fingerprint density at radius 3 is 2.68 bits per heavy atom. The van der Waals surface area contributed by atoms with Crippen molar-refractivity contribution in [3.05, 3.63) is 76.6 Å². The maximum absolute atomic E-state index is 13.5. The summed E-state index contributed by atoms with van der Waals surface area (Å²) in [5, 5.41) is 11.7. The number of piperidine rings is 1. The third-order valence-corrected chi connectivity index (χ3v) is 6.10. The van der Waals surface area contributed by atoms with Gasteiger partial charge in [0.25, 0.3) is 0 Å². The summed E-state index contributed by atoms with van der Waals surface area (Å²) in [4.78, 5) is 17.8. The number of carboxylic acid groups (broad SMARTS) is 1. The zero-order valence-electron chi connectivity index (χ0n) is 16.4. The molecule has 31 heavy (non-hydrogen) atoms. The molecule has 0 radical (unpaired) electrons. The number of alkyl halides is 3. The van der Waals surface area contributed by atoms with Gasteiger partial charge in [-0.15, -0.1) is 0 Å². The Kier molecular flexibility index (Phi) is 5.90. The minimum Gasteiger partial charge on any atom is -0.480 e. The summed E-state index contributed by atoms with van der Waals surface area (Å²) in [5.41, 5.74) is 0.122. The Labute approximate surface area is 182 Å². The van der Waals surface area contributed by atoms with Gasteiger partial charge in [0.2, 0.25) is 0 Å². The number of benzene rings is 2. The molecule has 0 aliphatic carbocycles. The lowest BCUT2D eigenvalue weighted by molar-refractivity contribution is -0.145. The topological polar surface area (TPSA) is 53.4 Å². The monoisotopic (exact) mass is 448 g/mol. The number of halogens is 4. The second kappa shape index (κ2) is 8.48. The summed E-state index contributed by atoms with van der Waals surface area (Å²) in [7, 11) is 0. The van der Waals surface area contributed by atoms with E-state index in [0.29, 0.717) is 18.5 Å². The number of likely N-dealkylation sites (tertiary alicyclic amines) is 1. The Morgan fingerprint density at radius 1 is 1.13 bits per heavy atom. The van der Waals surface area contributed by atoms with Crippen molar-refractivity contribution in [2.45, 2.75) is 37.5 Å². The van der Waals surface area contributed by atoms with Crippen LogP contribution in [0.15, 0.2) is 54.9 Å². The van der Waals surface area contributed by atoms with Crippen LogP contribution in [0.4, 0.5) is 13.2 Å². The number of rotatable bonds is 4. The molecule has 8 heteroatoms. The minimum absolute atomic E-state index is 0.169. The van der Waals surface area contributed by atoms with E-state index in [1.54, 1.807) is 23.4 Å². The van der Waals surface area contributed by atoms with Crippen LogP contribution in [0.5, 0.6) is 0 Å². The Bertz CT molecular complexity index is 1120. The first-order valence-electron chi connectivity index (χ1n) is 9.94. The Hall–Kier alpha value is -2.64. The van der Waals surface area contributed by atoms with Crippen molar-refractivity contribution in [2.24, 2.45) is 0 Å². The van der Waals surface area contributed by atoms with Gasteiger partial charge in [-0.3, -0.25) is 14.7 Å². The van der Waals surface area contributed by atoms with E-state index in [2.05, 4.69) is 4.98 Å². The van der Waals surface area contributed by atoms with Crippen LogP contribution in [0.25, 0.3) is 10.8 Å². The molecule has 1 aromatic heterocycles. The highest BCUT2D eigenvalue weighted by Crippen LogP contribution is 2.41. The molecule has 0 spiro atoms. The van der Waals surface area contributed by atoms with E-state index in [4.69, 9.17) is 11.6 Å². The number of hydrogen-bond donors (Lipinski definition) is 1. The number of nitrogens with zero attached hydrogens (tertiary/aromatic N) is 2. The van der Waals surface area contributed by atoms with Gasteiger partial charge < -0.3 is 5.11 Å². The van der Waals surface area contributed by atoms with Gasteiger partial charge in [0.05, 0.1) is 11.6 Å². The first kappa shape index (κ1) is 21.6. The van der Waals surface area contributed by atoms with Gasteiger partial charge in [0.15, 0.2) is 0 Å². The fourth-order valence-electron chi connectivity index (χ4n) is 4.28. The average molecular weight is 449 g/mol. The third kappa shape index (κ3) is 4.38. The van der Waals surface area contributed by atoms with Crippen molar-refractivity contribution in [2.75, 3.05) is 6.54 Å². The quantitative estimate of drug-likeness (QED) is 0.537. The lowest BCUT2D eigenvalue weighted by Crippen LogP contribution is -2.47. The molecule has 1 N–H and O–H groups in total. The van der Waals surface area contributed by atoms with Crippen LogP contribution in [0.1, 0.15) is 42.0 Å². The fourth-order valence-corrected chi connectivity index (χ4v) is 4.50. The van der Waals surface area contributed by atoms with Gasteiger partial charge in [-0.05, 0) is 66.2 Å². The summed E-state index contributed by atoms with van der Waals surface area (Å²) < 4.78 is 40.4. The largest absolute Gasteiger partial charge is 0.480 e. The van der Waals surface area contributed by atoms with E-state index in [0.717, 1.165) is 35.7 Å². The predicted molar refractivity (Wildman–Crippen MR) is 112 cm³/mol. The average Bonchev–Trinajstić information content (AvgIpc) is 2.74. The molecule has 4 nitrogen and oxygen atoms in total. The number of aromatic nitrogens is 1. The van der Waals surface area contributed by atoms with Crippen molar-refractivity contribution >= 4 is 28.3 Å². The van der Waals surface area contributed by atoms with Crippen molar-refractivity contribution in [1.82, 2.24) is 9.88 Å². The maximum atomic E-state index is 13.5. The SMILES string of the molecule is O=C(O)C1CCCCN1C(c1ccc2cnccc2c1)c1cc(C(F)(F)F)ccc1Cl. The lowest BCUT2D eigenvalue weighted by atomic mass is 9.90. The first-order chi connectivity index (χ1) is 14.8. The van der Waals surface area contributed by atoms with Crippen molar-refractivity contribution in [3.63, 3.8) is 0 Å². The molecule has 4 rings (SSSR count). The van der Waals surface area contributed by atoms with Gasteiger partial charge in [0.1, 0.15) is 6.04 Å². The molecule has 1 saturated heterocycles. The van der Waals surface area contributed by atoms with E-state index < -0.39 is 29.8 Å². The van der Waals surface area contributed by atoms with E-state index in [9.17, 15) is 23.1 Å². The van der Waals surface area contributed by atoms with Crippen molar-refractivity contribution in [1.29, 1.82) is 0 Å². The Balaban J connectivity index is 1.92. The van der Waals surface area contributed by atoms with Crippen LogP contribution in [-0.4, -0.2) is 33.5 Å². The van der Waals surface area contributed by atoms with Crippen LogP contribution in [-0.2, 0) is 11.0 Å². The molecule has 3 aromatic rings. The van der Waals surface area contributed by atoms with Gasteiger partial charge in [-0.1, -0.05) is 30.2 Å². The molecule has 1 aliphatic rings. The maximum Gasteiger partial charge on any atom is 0.416 e. The number of carbonyl (C=O) groups is 1. The number of hydrogen-bond acceptors (Lipinski definition) is 3.